The number of aromatic nitrogens is 3. The van der Waals surface area contributed by atoms with Crippen molar-refractivity contribution in [3.05, 3.63) is 36.0 Å². The number of esters is 1. The van der Waals surface area contributed by atoms with E-state index in [9.17, 15) is 9.90 Å². The van der Waals surface area contributed by atoms with Gasteiger partial charge in [-0.15, -0.1) is 5.10 Å². The molecule has 0 saturated heterocycles. The molecule has 1 atom stereocenters. The molecule has 0 radical (unpaired) electrons. The quantitative estimate of drug-likeness (QED) is 0.766. The normalized spacial score (nSPS) is 12.4. The van der Waals surface area contributed by atoms with Crippen LogP contribution < -0.4 is 0 Å². The number of rotatable bonds is 4. The van der Waals surface area contributed by atoms with Crippen molar-refractivity contribution < 1.29 is 19.1 Å². The van der Waals surface area contributed by atoms with Gasteiger partial charge in [0, 0.05) is 0 Å². The minimum atomic E-state index is -0.576. The third-order valence-corrected chi connectivity index (χ3v) is 2.27. The first-order valence-corrected chi connectivity index (χ1v) is 4.90. The smallest absolute Gasteiger partial charge is 0.360 e. The van der Waals surface area contributed by atoms with Crippen molar-refractivity contribution in [3.8, 4) is 0 Å². The molecule has 2 aromatic rings. The molecule has 7 nitrogen and oxygen atoms in total. The van der Waals surface area contributed by atoms with Gasteiger partial charge in [-0.3, -0.25) is 0 Å². The minimum absolute atomic E-state index is 0.0810. The van der Waals surface area contributed by atoms with Gasteiger partial charge in [0.05, 0.1) is 26.2 Å². The monoisotopic (exact) mass is 237 g/mol. The van der Waals surface area contributed by atoms with E-state index in [1.807, 2.05) is 0 Å². The molecule has 0 saturated carbocycles. The number of furan rings is 1. The molecule has 0 amide bonds. The Morgan fingerprint density at radius 3 is 3.12 bits per heavy atom. The van der Waals surface area contributed by atoms with Crippen molar-refractivity contribution in [3.63, 3.8) is 0 Å². The van der Waals surface area contributed by atoms with Crippen LogP contribution in [0, 0.1) is 0 Å². The first-order valence-electron chi connectivity index (χ1n) is 4.90. The zero-order valence-electron chi connectivity index (χ0n) is 9.11. The molecule has 2 rings (SSSR count). The second kappa shape index (κ2) is 4.79. The van der Waals surface area contributed by atoms with Gasteiger partial charge >= 0.3 is 5.97 Å². The largest absolute Gasteiger partial charge is 0.467 e. The van der Waals surface area contributed by atoms with Crippen molar-refractivity contribution in [1.82, 2.24) is 15.0 Å². The van der Waals surface area contributed by atoms with Crippen LogP contribution in [0.2, 0.25) is 0 Å². The van der Waals surface area contributed by atoms with E-state index < -0.39 is 12.0 Å². The van der Waals surface area contributed by atoms with Crippen molar-refractivity contribution in [1.29, 1.82) is 0 Å². The summed E-state index contributed by atoms with van der Waals surface area (Å²) in [6.45, 7) is -0.211. The second-order valence-electron chi connectivity index (χ2n) is 3.29. The number of hydrogen-bond donors (Lipinski definition) is 1. The molecule has 0 unspecified atom stereocenters. The lowest BCUT2D eigenvalue weighted by molar-refractivity contribution is 0.0594. The van der Waals surface area contributed by atoms with Gasteiger partial charge in [0.1, 0.15) is 11.8 Å². The Morgan fingerprint density at radius 1 is 1.71 bits per heavy atom. The number of methoxy groups -OCH3 is 1. The highest BCUT2D eigenvalue weighted by Crippen LogP contribution is 2.17. The maximum atomic E-state index is 11.2. The Labute approximate surface area is 96.6 Å². The lowest BCUT2D eigenvalue weighted by Gasteiger charge is -2.10. The maximum Gasteiger partial charge on any atom is 0.360 e. The Morgan fingerprint density at radius 2 is 2.53 bits per heavy atom. The Hall–Kier alpha value is -2.15. The summed E-state index contributed by atoms with van der Waals surface area (Å²) >= 11 is 0. The van der Waals surface area contributed by atoms with Crippen LogP contribution in [0.1, 0.15) is 22.3 Å². The van der Waals surface area contributed by atoms with E-state index >= 15 is 0 Å². The third-order valence-electron chi connectivity index (χ3n) is 2.27. The van der Waals surface area contributed by atoms with E-state index in [4.69, 9.17) is 4.42 Å². The molecule has 0 aliphatic carbocycles. The van der Waals surface area contributed by atoms with E-state index in [1.54, 1.807) is 12.1 Å². The molecule has 0 aromatic carbocycles. The van der Waals surface area contributed by atoms with Crippen LogP contribution in [0.15, 0.2) is 29.0 Å². The summed E-state index contributed by atoms with van der Waals surface area (Å²) in [6.07, 6.45) is 2.89. The van der Waals surface area contributed by atoms with Crippen molar-refractivity contribution in [2.45, 2.75) is 6.04 Å². The van der Waals surface area contributed by atoms with Gasteiger partial charge in [-0.25, -0.2) is 9.48 Å². The van der Waals surface area contributed by atoms with Crippen LogP contribution in [0.25, 0.3) is 0 Å². The number of nitrogens with zero attached hydrogens (tertiary/aromatic N) is 3. The molecule has 2 aromatic heterocycles. The van der Waals surface area contributed by atoms with Gasteiger partial charge in [-0.1, -0.05) is 5.21 Å². The molecule has 0 bridgehead atoms. The lowest BCUT2D eigenvalue weighted by atomic mass is 10.2. The summed E-state index contributed by atoms with van der Waals surface area (Å²) in [5.74, 6) is -0.0406. The fraction of sp³-hybridized carbons (Fsp3) is 0.300. The number of carbonyl (C=O) groups excluding carboxylic acids is 1. The van der Waals surface area contributed by atoms with E-state index in [0.717, 1.165) is 0 Å². The summed E-state index contributed by atoms with van der Waals surface area (Å²) < 4.78 is 11.0. The Kier molecular flexibility index (Phi) is 3.20. The summed E-state index contributed by atoms with van der Waals surface area (Å²) in [7, 11) is 1.26. The van der Waals surface area contributed by atoms with Crippen LogP contribution >= 0.6 is 0 Å². The van der Waals surface area contributed by atoms with Crippen LogP contribution in [0.5, 0.6) is 0 Å². The standard InChI is InChI=1S/C10H11N3O4/c1-16-10(15)7-5-13(12-11-7)8(6-14)9-3-2-4-17-9/h2-5,8,14H,6H2,1H3/t8-/m0/s1. The highest BCUT2D eigenvalue weighted by molar-refractivity contribution is 5.86. The molecule has 2 heterocycles. The first-order chi connectivity index (χ1) is 8.26. The number of carbonyl (C=O) groups is 1. The molecular formula is C10H11N3O4. The predicted molar refractivity (Wildman–Crippen MR) is 55.3 cm³/mol. The number of aliphatic hydroxyl groups excluding tert-OH is 1. The van der Waals surface area contributed by atoms with Gasteiger partial charge in [0.2, 0.25) is 0 Å². The van der Waals surface area contributed by atoms with Crippen molar-refractivity contribution in [2.24, 2.45) is 0 Å². The number of aliphatic hydroxyl groups is 1. The average molecular weight is 237 g/mol. The van der Waals surface area contributed by atoms with Gasteiger partial charge in [-0.05, 0) is 12.1 Å². The van der Waals surface area contributed by atoms with Crippen LogP contribution in [0.4, 0.5) is 0 Å². The zero-order chi connectivity index (χ0) is 12.3. The molecule has 1 N–H and O–H groups in total. The zero-order valence-corrected chi connectivity index (χ0v) is 9.11. The van der Waals surface area contributed by atoms with E-state index in [0.29, 0.717) is 5.76 Å². The molecule has 0 spiro atoms. The second-order valence-corrected chi connectivity index (χ2v) is 3.29. The van der Waals surface area contributed by atoms with Crippen LogP contribution in [-0.2, 0) is 4.74 Å². The molecule has 17 heavy (non-hydrogen) atoms. The predicted octanol–water partition coefficient (Wildman–Crippen LogP) is 0.239. The number of hydrogen-bond acceptors (Lipinski definition) is 6. The fourth-order valence-corrected chi connectivity index (χ4v) is 1.41. The third kappa shape index (κ3) is 2.18. The molecule has 90 valence electrons. The van der Waals surface area contributed by atoms with Gasteiger partial charge in [0.15, 0.2) is 5.69 Å². The van der Waals surface area contributed by atoms with Gasteiger partial charge in [-0.2, -0.15) is 0 Å². The summed E-state index contributed by atoms with van der Waals surface area (Å²) in [5.41, 5.74) is 0.0810. The first kappa shape index (κ1) is 11.3. The molecule has 0 fully saturated rings. The SMILES string of the molecule is COC(=O)c1cn([C@@H](CO)c2ccco2)nn1. The lowest BCUT2D eigenvalue weighted by Crippen LogP contribution is -2.14. The van der Waals surface area contributed by atoms with E-state index in [1.165, 1.54) is 24.3 Å². The molecular weight excluding hydrogens is 226 g/mol. The van der Waals surface area contributed by atoms with Crippen molar-refractivity contribution in [2.75, 3.05) is 13.7 Å². The number of ether oxygens (including phenoxy) is 1. The van der Waals surface area contributed by atoms with Gasteiger partial charge < -0.3 is 14.3 Å². The average Bonchev–Trinajstić information content (AvgIpc) is 3.00. The molecule has 0 aliphatic heterocycles. The summed E-state index contributed by atoms with van der Waals surface area (Å²) in [5, 5.41) is 16.7. The summed E-state index contributed by atoms with van der Waals surface area (Å²) in [4.78, 5) is 11.2. The Bertz CT molecular complexity index is 491. The van der Waals surface area contributed by atoms with E-state index in [-0.39, 0.29) is 12.3 Å². The topological polar surface area (TPSA) is 90.4 Å². The summed E-state index contributed by atoms with van der Waals surface area (Å²) in [6, 6.07) is 2.91. The van der Waals surface area contributed by atoms with Crippen LogP contribution in [-0.4, -0.2) is 39.8 Å². The highest BCUT2D eigenvalue weighted by atomic mass is 16.5. The van der Waals surface area contributed by atoms with Crippen molar-refractivity contribution >= 4 is 5.97 Å². The maximum absolute atomic E-state index is 11.2. The Balaban J connectivity index is 2.26. The minimum Gasteiger partial charge on any atom is -0.467 e. The molecule has 7 heteroatoms. The van der Waals surface area contributed by atoms with Gasteiger partial charge in [0.25, 0.3) is 0 Å². The fourth-order valence-electron chi connectivity index (χ4n) is 1.41. The van der Waals surface area contributed by atoms with Crippen LogP contribution in [0.3, 0.4) is 0 Å². The highest BCUT2D eigenvalue weighted by Gasteiger charge is 2.19. The molecule has 0 aliphatic rings. The van der Waals surface area contributed by atoms with E-state index in [2.05, 4.69) is 15.0 Å².